The number of nitrogens with one attached hydrogen (secondary N) is 1. The highest BCUT2D eigenvalue weighted by molar-refractivity contribution is 6.54. The van der Waals surface area contributed by atoms with Crippen molar-refractivity contribution in [3.05, 3.63) is 59.4 Å². The molecule has 0 saturated heterocycles. The molecule has 1 N–H and O–H groups in total. The number of hydrogen-bond donors (Lipinski definition) is 1. The molecule has 0 aromatic heterocycles. The van der Waals surface area contributed by atoms with Gasteiger partial charge in [-0.25, -0.2) is 9.38 Å². The van der Waals surface area contributed by atoms with Gasteiger partial charge in [0.05, 0.1) is 16.9 Å². The van der Waals surface area contributed by atoms with E-state index in [4.69, 9.17) is 0 Å². The molecule has 0 radical (unpaired) electrons. The summed E-state index contributed by atoms with van der Waals surface area (Å²) in [5.74, 6) is -1.06. The Balaban J connectivity index is 1.99. The normalized spacial score (nSPS) is 15.8. The quantitative estimate of drug-likeness (QED) is 0.797. The van der Waals surface area contributed by atoms with Crippen molar-refractivity contribution in [3.8, 4) is 0 Å². The zero-order valence-electron chi connectivity index (χ0n) is 10.9. The molecule has 0 bridgehead atoms. The van der Waals surface area contributed by atoms with Crippen molar-refractivity contribution in [2.45, 2.75) is 6.18 Å². The van der Waals surface area contributed by atoms with Gasteiger partial charge in [0.25, 0.3) is 5.91 Å². The molecule has 0 unspecified atom stereocenters. The number of hydrogen-bond acceptors (Lipinski definition) is 2. The Hall–Kier alpha value is -2.70. The first-order valence-corrected chi connectivity index (χ1v) is 6.22. The van der Waals surface area contributed by atoms with Crippen LogP contribution in [0, 0.1) is 5.82 Å². The number of carbonyl (C=O) groups is 1. The summed E-state index contributed by atoms with van der Waals surface area (Å²) >= 11 is 0. The zero-order valence-corrected chi connectivity index (χ0v) is 10.9. The van der Waals surface area contributed by atoms with Crippen LogP contribution in [0.15, 0.2) is 47.5 Å². The van der Waals surface area contributed by atoms with Gasteiger partial charge in [-0.2, -0.15) is 13.2 Å². The minimum atomic E-state index is -4.44. The predicted octanol–water partition coefficient (Wildman–Crippen LogP) is 3.92. The van der Waals surface area contributed by atoms with Crippen molar-refractivity contribution in [1.29, 1.82) is 0 Å². The highest BCUT2D eigenvalue weighted by Crippen LogP contribution is 2.31. The van der Waals surface area contributed by atoms with Crippen molar-refractivity contribution >= 4 is 23.0 Å². The van der Waals surface area contributed by atoms with Gasteiger partial charge in [-0.05, 0) is 42.5 Å². The Morgan fingerprint density at radius 3 is 2.32 bits per heavy atom. The smallest absolute Gasteiger partial charge is 0.320 e. The number of fused-ring (bicyclic) bond motifs is 1. The number of nitrogens with zero attached hydrogens (tertiary/aromatic N) is 1. The minimum Gasteiger partial charge on any atom is -0.320 e. The van der Waals surface area contributed by atoms with E-state index in [1.54, 1.807) is 0 Å². The number of aliphatic imine (C=N–C) groups is 1. The number of carbonyl (C=O) groups excluding carboxylic acids is 1. The van der Waals surface area contributed by atoms with E-state index in [1.165, 1.54) is 12.1 Å². The second-order valence-electron chi connectivity index (χ2n) is 4.65. The van der Waals surface area contributed by atoms with Gasteiger partial charge in [0.2, 0.25) is 0 Å². The highest BCUT2D eigenvalue weighted by Gasteiger charge is 2.30. The molecule has 0 spiro atoms. The summed E-state index contributed by atoms with van der Waals surface area (Å²) in [5, 5.41) is 2.51. The Labute approximate surface area is 122 Å². The van der Waals surface area contributed by atoms with Crippen LogP contribution in [0.1, 0.15) is 11.1 Å². The third-order valence-electron chi connectivity index (χ3n) is 3.14. The van der Waals surface area contributed by atoms with E-state index in [2.05, 4.69) is 10.3 Å². The first-order chi connectivity index (χ1) is 10.3. The molecule has 22 heavy (non-hydrogen) atoms. The number of anilines is 1. The van der Waals surface area contributed by atoms with Gasteiger partial charge < -0.3 is 5.32 Å². The average Bonchev–Trinajstić information content (AvgIpc) is 2.75. The summed E-state index contributed by atoms with van der Waals surface area (Å²) in [6.07, 6.45) is -4.44. The van der Waals surface area contributed by atoms with Gasteiger partial charge in [-0.3, -0.25) is 4.79 Å². The fraction of sp³-hybridized carbons (Fsp3) is 0.0667. The van der Waals surface area contributed by atoms with Crippen LogP contribution in [0.25, 0.3) is 0 Å². The molecule has 2 aromatic rings. The lowest BCUT2D eigenvalue weighted by atomic mass is 10.1. The van der Waals surface area contributed by atoms with Crippen LogP contribution >= 0.6 is 0 Å². The lowest BCUT2D eigenvalue weighted by Crippen LogP contribution is -2.14. The molecular weight excluding hydrogens is 300 g/mol. The Morgan fingerprint density at radius 2 is 1.68 bits per heavy atom. The zero-order chi connectivity index (χ0) is 15.9. The Kier molecular flexibility index (Phi) is 3.20. The first kappa shape index (κ1) is 14.2. The third kappa shape index (κ3) is 2.57. The predicted molar refractivity (Wildman–Crippen MR) is 72.7 cm³/mol. The van der Waals surface area contributed by atoms with Gasteiger partial charge in [-0.1, -0.05) is 0 Å². The van der Waals surface area contributed by atoms with E-state index >= 15 is 0 Å². The summed E-state index contributed by atoms with van der Waals surface area (Å²) in [4.78, 5) is 15.8. The Morgan fingerprint density at radius 1 is 1.00 bits per heavy atom. The van der Waals surface area contributed by atoms with Crippen LogP contribution in [-0.2, 0) is 11.0 Å². The van der Waals surface area contributed by atoms with E-state index in [1.807, 2.05) is 0 Å². The van der Waals surface area contributed by atoms with E-state index in [0.29, 0.717) is 5.69 Å². The molecule has 0 fully saturated rings. The van der Waals surface area contributed by atoms with Crippen molar-refractivity contribution < 1.29 is 22.4 Å². The van der Waals surface area contributed by atoms with Crippen LogP contribution in [0.3, 0.4) is 0 Å². The molecular formula is C15H8F4N2O. The first-order valence-electron chi connectivity index (χ1n) is 6.22. The summed E-state index contributed by atoms with van der Waals surface area (Å²) in [7, 11) is 0. The van der Waals surface area contributed by atoms with Crippen molar-refractivity contribution in [2.75, 3.05) is 5.32 Å². The maximum Gasteiger partial charge on any atom is 0.416 e. The summed E-state index contributed by atoms with van der Waals surface area (Å²) in [6, 6.07) is 7.80. The maximum atomic E-state index is 13.3. The standard InChI is InChI=1S/C15H8F4N2O/c16-9-3-6-12-11(7-9)13(14(22)21-12)20-10-4-1-8(2-5-10)15(17,18)19/h1-7H,(H,20,21,22). The molecule has 112 valence electrons. The van der Waals surface area contributed by atoms with E-state index in [9.17, 15) is 22.4 Å². The van der Waals surface area contributed by atoms with Crippen LogP contribution in [0.2, 0.25) is 0 Å². The molecule has 1 heterocycles. The second kappa shape index (κ2) is 4.94. The van der Waals surface area contributed by atoms with Gasteiger partial charge in [0, 0.05) is 5.56 Å². The van der Waals surface area contributed by atoms with Crippen molar-refractivity contribution in [2.24, 2.45) is 4.99 Å². The maximum absolute atomic E-state index is 13.3. The summed E-state index contributed by atoms with van der Waals surface area (Å²) in [5.41, 5.74) is 0.0326. The number of benzene rings is 2. The molecule has 1 aliphatic rings. The van der Waals surface area contributed by atoms with E-state index in [0.717, 1.165) is 30.3 Å². The molecule has 1 aliphatic heterocycles. The minimum absolute atomic E-state index is 0.0331. The van der Waals surface area contributed by atoms with Crippen LogP contribution in [-0.4, -0.2) is 11.6 Å². The molecule has 2 aromatic carbocycles. The molecule has 1 amide bonds. The van der Waals surface area contributed by atoms with E-state index in [-0.39, 0.29) is 17.0 Å². The SMILES string of the molecule is O=C1Nc2ccc(F)cc2C1=Nc1ccc(C(F)(F)F)cc1. The van der Waals surface area contributed by atoms with E-state index < -0.39 is 23.5 Å². The molecule has 0 saturated carbocycles. The number of alkyl halides is 3. The van der Waals surface area contributed by atoms with Crippen LogP contribution in [0.5, 0.6) is 0 Å². The third-order valence-corrected chi connectivity index (χ3v) is 3.14. The highest BCUT2D eigenvalue weighted by atomic mass is 19.4. The summed E-state index contributed by atoms with van der Waals surface area (Å²) < 4.78 is 50.7. The number of halogens is 4. The largest absolute Gasteiger partial charge is 0.416 e. The molecule has 3 nitrogen and oxygen atoms in total. The van der Waals surface area contributed by atoms with Crippen LogP contribution < -0.4 is 5.32 Å². The number of amides is 1. The van der Waals surface area contributed by atoms with Crippen molar-refractivity contribution in [3.63, 3.8) is 0 Å². The van der Waals surface area contributed by atoms with Gasteiger partial charge >= 0.3 is 6.18 Å². The second-order valence-corrected chi connectivity index (χ2v) is 4.65. The topological polar surface area (TPSA) is 41.5 Å². The number of rotatable bonds is 1. The van der Waals surface area contributed by atoms with Gasteiger partial charge in [0.15, 0.2) is 0 Å². The van der Waals surface area contributed by atoms with Crippen molar-refractivity contribution in [1.82, 2.24) is 0 Å². The lowest BCUT2D eigenvalue weighted by molar-refractivity contribution is -0.137. The monoisotopic (exact) mass is 308 g/mol. The lowest BCUT2D eigenvalue weighted by Gasteiger charge is -2.06. The Bertz CT molecular complexity index is 779. The molecule has 0 atom stereocenters. The van der Waals surface area contributed by atoms with Gasteiger partial charge in [0.1, 0.15) is 11.5 Å². The molecule has 3 rings (SSSR count). The van der Waals surface area contributed by atoms with Crippen LogP contribution in [0.4, 0.5) is 28.9 Å². The molecule has 0 aliphatic carbocycles. The fourth-order valence-corrected chi connectivity index (χ4v) is 2.09. The summed E-state index contributed by atoms with van der Waals surface area (Å²) in [6.45, 7) is 0. The molecule has 7 heteroatoms. The fourth-order valence-electron chi connectivity index (χ4n) is 2.09. The van der Waals surface area contributed by atoms with Gasteiger partial charge in [-0.15, -0.1) is 0 Å². The average molecular weight is 308 g/mol.